The number of carbonyl (C=O) groups excluding carboxylic acids is 2. The molecule has 2 amide bonds. The third-order valence-electron chi connectivity index (χ3n) is 4.41. The summed E-state index contributed by atoms with van der Waals surface area (Å²) in [5, 5.41) is 4.86. The number of hydrogen-bond donors (Lipinski definition) is 0. The van der Waals surface area contributed by atoms with Crippen molar-refractivity contribution in [2.75, 3.05) is 4.90 Å². The molecule has 1 aliphatic heterocycles. The number of halogens is 2. The molecule has 0 aliphatic carbocycles. The average molecular weight is 443 g/mol. The zero-order valence-corrected chi connectivity index (χ0v) is 16.6. The van der Waals surface area contributed by atoms with Gasteiger partial charge in [0.25, 0.3) is 11.8 Å². The van der Waals surface area contributed by atoms with Gasteiger partial charge in [-0.05, 0) is 18.2 Å². The maximum Gasteiger partial charge on any atom is 0.300 e. The van der Waals surface area contributed by atoms with E-state index in [2.05, 4.69) is 10.1 Å². The van der Waals surface area contributed by atoms with Gasteiger partial charge in [-0.1, -0.05) is 64.9 Å². The van der Waals surface area contributed by atoms with Gasteiger partial charge >= 0.3 is 5.56 Å². The Hall–Kier alpha value is -3.07. The second-order valence-corrected chi connectivity index (χ2v) is 7.94. The predicted octanol–water partition coefficient (Wildman–Crippen LogP) is 3.93. The number of hydrogen-bond acceptors (Lipinski definition) is 6. The first-order valence-corrected chi connectivity index (χ1v) is 9.86. The van der Waals surface area contributed by atoms with E-state index in [1.54, 1.807) is 24.3 Å². The third-order valence-corrected chi connectivity index (χ3v) is 6.17. The van der Waals surface area contributed by atoms with Gasteiger partial charge < -0.3 is 0 Å². The van der Waals surface area contributed by atoms with Crippen LogP contribution in [0.5, 0.6) is 0 Å². The minimum Gasteiger partial charge on any atom is -0.267 e. The molecule has 3 heterocycles. The van der Waals surface area contributed by atoms with Crippen LogP contribution >= 0.6 is 34.5 Å². The molecule has 0 N–H and O–H groups in total. The summed E-state index contributed by atoms with van der Waals surface area (Å²) in [5.74, 6) is -1.11. The Labute approximate surface area is 176 Å². The number of carbonyl (C=O) groups is 2. The highest BCUT2D eigenvalue weighted by molar-refractivity contribution is 7.19. The first-order valence-electron chi connectivity index (χ1n) is 8.29. The minimum absolute atomic E-state index is 0.0609. The summed E-state index contributed by atoms with van der Waals surface area (Å²) < 4.78 is 1.25. The van der Waals surface area contributed by atoms with Crippen LogP contribution in [-0.4, -0.2) is 26.4 Å². The van der Waals surface area contributed by atoms with E-state index in [-0.39, 0.29) is 26.2 Å². The molecule has 0 fully saturated rings. The lowest BCUT2D eigenvalue weighted by molar-refractivity contribution is 0.0924. The molecule has 0 spiro atoms. The number of thiazole rings is 1. The maximum atomic E-state index is 13.1. The Bertz CT molecular complexity index is 1400. The highest BCUT2D eigenvalue weighted by atomic mass is 35.5. The largest absolute Gasteiger partial charge is 0.300 e. The summed E-state index contributed by atoms with van der Waals surface area (Å²) in [4.78, 5) is 43.7. The van der Waals surface area contributed by atoms with Crippen molar-refractivity contribution in [1.82, 2.24) is 14.6 Å². The van der Waals surface area contributed by atoms with E-state index in [9.17, 15) is 14.4 Å². The number of imide groups is 1. The Kier molecular flexibility index (Phi) is 4.02. The molecule has 0 saturated heterocycles. The van der Waals surface area contributed by atoms with Crippen molar-refractivity contribution in [2.24, 2.45) is 0 Å². The molecule has 0 atom stereocenters. The van der Waals surface area contributed by atoms with Gasteiger partial charge in [-0.15, -0.1) is 0 Å². The molecule has 4 aromatic rings. The van der Waals surface area contributed by atoms with Crippen LogP contribution < -0.4 is 10.5 Å². The zero-order valence-electron chi connectivity index (χ0n) is 14.3. The Morgan fingerprint density at radius 1 is 0.897 bits per heavy atom. The molecular weight excluding hydrogens is 435 g/mol. The molecule has 142 valence electrons. The summed E-state index contributed by atoms with van der Waals surface area (Å²) in [5.41, 5.74) is 0.487. The second-order valence-electron chi connectivity index (χ2n) is 6.15. The summed E-state index contributed by atoms with van der Waals surface area (Å²) in [6, 6.07) is 13.3. The monoisotopic (exact) mass is 442 g/mol. The summed E-state index contributed by atoms with van der Waals surface area (Å²) in [6.45, 7) is 0. The van der Waals surface area contributed by atoms with Crippen molar-refractivity contribution in [3.63, 3.8) is 0 Å². The number of aromatic nitrogens is 3. The van der Waals surface area contributed by atoms with Crippen LogP contribution in [0.25, 0.3) is 16.2 Å². The number of rotatable bonds is 2. The standard InChI is InChI=1S/C19H8Cl2N4O3S/c20-11-7-6-10(8-12(11)21)24-17(27)14-15(18(24)28)29-19-22-16(26)13(23-25(14)19)9-4-2-1-3-5-9/h1-8H. The zero-order chi connectivity index (χ0) is 20.3. The fourth-order valence-corrected chi connectivity index (χ4v) is 4.36. The average Bonchev–Trinajstić information content (AvgIpc) is 3.19. The molecule has 1 aliphatic rings. The van der Waals surface area contributed by atoms with Crippen molar-refractivity contribution >= 4 is 57.0 Å². The first kappa shape index (κ1) is 18.0. The van der Waals surface area contributed by atoms with Crippen LogP contribution in [0.1, 0.15) is 20.2 Å². The summed E-state index contributed by atoms with van der Waals surface area (Å²) in [7, 11) is 0. The smallest absolute Gasteiger partial charge is 0.267 e. The number of fused-ring (bicyclic) bond motifs is 3. The van der Waals surface area contributed by atoms with Crippen LogP contribution in [0.2, 0.25) is 10.0 Å². The van der Waals surface area contributed by atoms with Crippen molar-refractivity contribution in [3.8, 4) is 11.3 Å². The predicted molar refractivity (Wildman–Crippen MR) is 110 cm³/mol. The van der Waals surface area contributed by atoms with Gasteiger partial charge in [0.15, 0.2) is 11.4 Å². The van der Waals surface area contributed by atoms with E-state index in [1.807, 2.05) is 6.07 Å². The van der Waals surface area contributed by atoms with E-state index in [1.165, 1.54) is 22.7 Å². The fourth-order valence-electron chi connectivity index (χ4n) is 3.09. The molecule has 2 aromatic carbocycles. The van der Waals surface area contributed by atoms with E-state index in [4.69, 9.17) is 23.2 Å². The van der Waals surface area contributed by atoms with Gasteiger partial charge in [0, 0.05) is 5.56 Å². The second kappa shape index (κ2) is 6.48. The highest BCUT2D eigenvalue weighted by Crippen LogP contribution is 2.35. The highest BCUT2D eigenvalue weighted by Gasteiger charge is 2.42. The maximum absolute atomic E-state index is 13.1. The van der Waals surface area contributed by atoms with Crippen LogP contribution in [0.3, 0.4) is 0 Å². The molecule has 7 nitrogen and oxygen atoms in total. The lowest BCUT2D eigenvalue weighted by Crippen LogP contribution is -2.30. The Balaban J connectivity index is 1.69. The number of benzene rings is 2. The molecule has 0 unspecified atom stereocenters. The number of amides is 2. The van der Waals surface area contributed by atoms with E-state index >= 15 is 0 Å². The van der Waals surface area contributed by atoms with Crippen molar-refractivity contribution in [1.29, 1.82) is 0 Å². The number of nitrogens with zero attached hydrogens (tertiary/aromatic N) is 4. The lowest BCUT2D eigenvalue weighted by atomic mass is 10.2. The van der Waals surface area contributed by atoms with Crippen LogP contribution in [0.4, 0.5) is 5.69 Å². The Morgan fingerprint density at radius 2 is 1.66 bits per heavy atom. The fraction of sp³-hybridized carbons (Fsp3) is 0. The normalized spacial score (nSPS) is 13.4. The summed E-state index contributed by atoms with van der Waals surface area (Å²) in [6.07, 6.45) is 0. The van der Waals surface area contributed by atoms with Crippen molar-refractivity contribution in [3.05, 3.63) is 79.5 Å². The first-order chi connectivity index (χ1) is 14.0. The molecule has 0 radical (unpaired) electrons. The van der Waals surface area contributed by atoms with Gasteiger partial charge in [-0.3, -0.25) is 14.4 Å². The van der Waals surface area contributed by atoms with E-state index in [0.29, 0.717) is 16.3 Å². The van der Waals surface area contributed by atoms with Crippen LogP contribution in [0.15, 0.2) is 53.3 Å². The topological polar surface area (TPSA) is 84.6 Å². The Morgan fingerprint density at radius 3 is 2.38 bits per heavy atom. The molecular formula is C19H8Cl2N4O3S. The quantitative estimate of drug-likeness (QED) is 0.439. The lowest BCUT2D eigenvalue weighted by Gasteiger charge is -2.14. The SMILES string of the molecule is O=C1c2sc3nc(=O)c(-c4ccccc4)nn3c2C(=O)N1c1ccc(Cl)c(Cl)c1. The van der Waals surface area contributed by atoms with Gasteiger partial charge in [-0.2, -0.15) is 14.6 Å². The van der Waals surface area contributed by atoms with E-state index in [0.717, 1.165) is 16.2 Å². The van der Waals surface area contributed by atoms with Crippen LogP contribution in [-0.2, 0) is 0 Å². The van der Waals surface area contributed by atoms with Gasteiger partial charge in [0.1, 0.15) is 4.88 Å². The molecule has 0 saturated carbocycles. The molecule has 29 heavy (non-hydrogen) atoms. The van der Waals surface area contributed by atoms with Gasteiger partial charge in [0.2, 0.25) is 4.96 Å². The van der Waals surface area contributed by atoms with E-state index < -0.39 is 17.4 Å². The van der Waals surface area contributed by atoms with Gasteiger partial charge in [-0.25, -0.2) is 4.90 Å². The van der Waals surface area contributed by atoms with Crippen molar-refractivity contribution in [2.45, 2.75) is 0 Å². The third kappa shape index (κ3) is 2.68. The van der Waals surface area contributed by atoms with Gasteiger partial charge in [0.05, 0.1) is 15.7 Å². The number of anilines is 1. The van der Waals surface area contributed by atoms with Crippen LogP contribution in [0, 0.1) is 0 Å². The minimum atomic E-state index is -0.577. The molecule has 5 rings (SSSR count). The molecule has 0 bridgehead atoms. The van der Waals surface area contributed by atoms with Crippen molar-refractivity contribution < 1.29 is 9.59 Å². The molecule has 2 aromatic heterocycles. The summed E-state index contributed by atoms with van der Waals surface area (Å²) >= 11 is 12.9. The molecule has 10 heteroatoms.